The number of carbonyl (C=O) groups excluding carboxylic acids is 1. The SMILES string of the molecule is COC(=O)CC1c2ccc(OC)cc2CN1B=O. The first-order valence-electron chi connectivity index (χ1n) is 5.64. The molecule has 1 unspecified atom stereocenters. The van der Waals surface area contributed by atoms with Crippen molar-refractivity contribution < 1.29 is 19.0 Å². The Hall–Kier alpha value is -1.85. The van der Waals surface area contributed by atoms with Crippen molar-refractivity contribution in [3.8, 4) is 5.75 Å². The molecule has 0 radical (unpaired) electrons. The van der Waals surface area contributed by atoms with Gasteiger partial charge < -0.3 is 0 Å². The summed E-state index contributed by atoms with van der Waals surface area (Å²) in [6.07, 6.45) is 0.175. The monoisotopic (exact) mass is 247 g/mol. The van der Waals surface area contributed by atoms with Crippen LogP contribution in [-0.2, 0) is 20.8 Å². The van der Waals surface area contributed by atoms with Gasteiger partial charge in [-0.25, -0.2) is 0 Å². The number of nitrogens with zero attached hydrogens (tertiary/aromatic N) is 1. The first-order chi connectivity index (χ1) is 8.69. The van der Waals surface area contributed by atoms with Gasteiger partial charge in [0.25, 0.3) is 0 Å². The quantitative estimate of drug-likeness (QED) is 0.588. The van der Waals surface area contributed by atoms with E-state index in [1.54, 1.807) is 11.9 Å². The predicted octanol–water partition coefficient (Wildman–Crippen LogP) is 1.08. The van der Waals surface area contributed by atoms with E-state index in [2.05, 4.69) is 4.74 Å². The summed E-state index contributed by atoms with van der Waals surface area (Å²) >= 11 is 0. The number of methoxy groups -OCH3 is 2. The van der Waals surface area contributed by atoms with Crippen LogP contribution in [-0.4, -0.2) is 32.3 Å². The molecule has 1 heterocycles. The van der Waals surface area contributed by atoms with Gasteiger partial charge in [0.2, 0.25) is 0 Å². The minimum absolute atomic E-state index is 0.175. The van der Waals surface area contributed by atoms with E-state index >= 15 is 0 Å². The summed E-state index contributed by atoms with van der Waals surface area (Å²) in [5.41, 5.74) is 1.99. The second-order valence-electron chi connectivity index (χ2n) is 4.14. The molecule has 94 valence electrons. The molecule has 0 fully saturated rings. The number of benzene rings is 1. The molecular weight excluding hydrogens is 233 g/mol. The minimum atomic E-state index is -0.324. The molecule has 0 spiro atoms. The zero-order valence-electron chi connectivity index (χ0n) is 10.4. The molecule has 5 nitrogen and oxygen atoms in total. The second-order valence-corrected chi connectivity index (χ2v) is 4.14. The van der Waals surface area contributed by atoms with Crippen LogP contribution in [0.2, 0.25) is 0 Å². The number of ether oxygens (including phenoxy) is 2. The average Bonchev–Trinajstić information content (AvgIpc) is 2.75. The van der Waals surface area contributed by atoms with E-state index in [0.717, 1.165) is 24.2 Å². The van der Waals surface area contributed by atoms with E-state index in [-0.39, 0.29) is 18.4 Å². The van der Waals surface area contributed by atoms with Crippen molar-refractivity contribution in [2.45, 2.75) is 19.0 Å². The van der Waals surface area contributed by atoms with E-state index in [4.69, 9.17) is 4.74 Å². The standard InChI is InChI=1S/C12H14BNO4/c1-17-9-3-4-10-8(5-9)7-14(13-16)11(10)6-12(15)18-2/h3-5,11H,6-7H2,1-2H3. The third-order valence-corrected chi connectivity index (χ3v) is 3.19. The van der Waals surface area contributed by atoms with Crippen LogP contribution in [0, 0.1) is 0 Å². The van der Waals surface area contributed by atoms with Crippen LogP contribution < -0.4 is 4.74 Å². The van der Waals surface area contributed by atoms with Crippen molar-refractivity contribution in [3.63, 3.8) is 0 Å². The Kier molecular flexibility index (Phi) is 3.65. The molecule has 1 aromatic rings. The van der Waals surface area contributed by atoms with Gasteiger partial charge in [-0.2, -0.15) is 0 Å². The molecule has 0 saturated carbocycles. The number of carbonyl (C=O) groups is 1. The summed E-state index contributed by atoms with van der Waals surface area (Å²) in [4.78, 5) is 13.0. The topological polar surface area (TPSA) is 55.8 Å². The van der Waals surface area contributed by atoms with Gasteiger partial charge >= 0.3 is 105 Å². The van der Waals surface area contributed by atoms with E-state index in [1.165, 1.54) is 7.11 Å². The van der Waals surface area contributed by atoms with E-state index in [0.29, 0.717) is 6.54 Å². The van der Waals surface area contributed by atoms with Crippen LogP contribution in [0.15, 0.2) is 18.2 Å². The molecule has 6 heteroatoms. The predicted molar refractivity (Wildman–Crippen MR) is 64.4 cm³/mol. The van der Waals surface area contributed by atoms with Gasteiger partial charge in [0.15, 0.2) is 0 Å². The van der Waals surface area contributed by atoms with Crippen LogP contribution >= 0.6 is 0 Å². The fourth-order valence-electron chi connectivity index (χ4n) is 2.24. The van der Waals surface area contributed by atoms with Crippen molar-refractivity contribution in [2.75, 3.05) is 14.2 Å². The summed E-state index contributed by atoms with van der Waals surface area (Å²) in [7, 11) is 3.71. The molecule has 1 atom stereocenters. The zero-order chi connectivity index (χ0) is 13.1. The summed E-state index contributed by atoms with van der Waals surface area (Å²) in [5.74, 6) is 0.425. The summed E-state index contributed by atoms with van der Waals surface area (Å²) in [6, 6.07) is 5.38. The maximum atomic E-state index is 11.4. The Morgan fingerprint density at radius 2 is 2.28 bits per heavy atom. The van der Waals surface area contributed by atoms with Crippen LogP contribution in [0.3, 0.4) is 0 Å². The maximum absolute atomic E-state index is 11.4. The van der Waals surface area contributed by atoms with Crippen LogP contribution in [0.25, 0.3) is 0 Å². The Morgan fingerprint density at radius 1 is 1.50 bits per heavy atom. The first kappa shape index (κ1) is 12.6. The van der Waals surface area contributed by atoms with Crippen LogP contribution in [0.5, 0.6) is 5.75 Å². The number of fused-ring (bicyclic) bond motifs is 1. The Balaban J connectivity index is 2.30. The van der Waals surface area contributed by atoms with Gasteiger partial charge in [-0.3, -0.25) is 0 Å². The van der Waals surface area contributed by atoms with Crippen molar-refractivity contribution in [1.29, 1.82) is 0 Å². The van der Waals surface area contributed by atoms with Crippen molar-refractivity contribution in [2.24, 2.45) is 0 Å². The number of hydrogen-bond donors (Lipinski definition) is 0. The molecule has 0 N–H and O–H groups in total. The Morgan fingerprint density at radius 3 is 2.89 bits per heavy atom. The van der Waals surface area contributed by atoms with E-state index in [9.17, 15) is 9.50 Å². The fraction of sp³-hybridized carbons (Fsp3) is 0.417. The van der Waals surface area contributed by atoms with Crippen molar-refractivity contribution >= 4 is 13.3 Å². The Labute approximate surface area is 106 Å². The number of esters is 1. The van der Waals surface area contributed by atoms with Crippen molar-refractivity contribution in [1.82, 2.24) is 4.81 Å². The number of hydrogen-bond acceptors (Lipinski definition) is 4. The van der Waals surface area contributed by atoms with E-state index in [1.807, 2.05) is 18.2 Å². The molecule has 0 saturated heterocycles. The summed E-state index contributed by atoms with van der Waals surface area (Å²) in [5, 5.41) is 0. The molecular formula is C12H14BNO4. The van der Waals surface area contributed by atoms with Gasteiger partial charge in [0, 0.05) is 0 Å². The molecule has 18 heavy (non-hydrogen) atoms. The fourth-order valence-corrected chi connectivity index (χ4v) is 2.24. The molecule has 0 aromatic heterocycles. The first-order valence-corrected chi connectivity index (χ1v) is 5.64. The molecule has 0 aliphatic carbocycles. The Bertz CT molecular complexity index is 477. The molecule has 0 bridgehead atoms. The molecule has 1 aromatic carbocycles. The summed E-state index contributed by atoms with van der Waals surface area (Å²) < 4.78 is 20.9. The average molecular weight is 247 g/mol. The van der Waals surface area contributed by atoms with Gasteiger partial charge in [-0.15, -0.1) is 0 Å². The normalized spacial score (nSPS) is 17.0. The van der Waals surface area contributed by atoms with Crippen LogP contribution in [0.1, 0.15) is 23.6 Å². The van der Waals surface area contributed by atoms with E-state index < -0.39 is 0 Å². The number of rotatable bonds is 4. The second kappa shape index (κ2) is 5.20. The molecule has 1 aliphatic heterocycles. The zero-order valence-corrected chi connectivity index (χ0v) is 10.4. The molecule has 1 aliphatic rings. The third kappa shape index (κ3) is 2.23. The van der Waals surface area contributed by atoms with Crippen LogP contribution in [0.4, 0.5) is 0 Å². The molecule has 0 amide bonds. The molecule has 2 rings (SSSR count). The third-order valence-electron chi connectivity index (χ3n) is 3.19. The van der Waals surface area contributed by atoms with Gasteiger partial charge in [-0.05, 0) is 0 Å². The summed E-state index contributed by atoms with van der Waals surface area (Å²) in [6.45, 7) is 0.498. The van der Waals surface area contributed by atoms with Gasteiger partial charge in [0.1, 0.15) is 0 Å². The van der Waals surface area contributed by atoms with Crippen molar-refractivity contribution in [3.05, 3.63) is 29.3 Å². The van der Waals surface area contributed by atoms with Gasteiger partial charge in [-0.1, -0.05) is 0 Å². The van der Waals surface area contributed by atoms with Gasteiger partial charge in [0.05, 0.1) is 0 Å².